The molecular formula is C23H20N2O2. The van der Waals surface area contributed by atoms with E-state index in [-0.39, 0.29) is 11.9 Å². The highest BCUT2D eigenvalue weighted by Gasteiger charge is 2.22. The highest BCUT2D eigenvalue weighted by molar-refractivity contribution is 5.81. The summed E-state index contributed by atoms with van der Waals surface area (Å²) in [6.07, 6.45) is -0.741. The van der Waals surface area contributed by atoms with Crippen molar-refractivity contribution in [1.82, 2.24) is 5.32 Å². The Hall–Kier alpha value is -3.58. The fourth-order valence-electron chi connectivity index (χ4n) is 2.82. The van der Waals surface area contributed by atoms with Gasteiger partial charge in [-0.3, -0.25) is 4.79 Å². The quantitative estimate of drug-likeness (QED) is 0.719. The molecule has 1 atom stereocenters. The van der Waals surface area contributed by atoms with Crippen molar-refractivity contribution in [2.24, 2.45) is 0 Å². The minimum Gasteiger partial charge on any atom is -0.480 e. The number of para-hydroxylation sites is 1. The molecule has 0 aromatic heterocycles. The Morgan fingerprint density at radius 1 is 0.889 bits per heavy atom. The summed E-state index contributed by atoms with van der Waals surface area (Å²) in [5.41, 5.74) is 2.38. The SMILES string of the molecule is CC(Oc1ccccc1C#N)C(=O)NC(c1ccccc1)c1ccccc1. The maximum Gasteiger partial charge on any atom is 0.261 e. The van der Waals surface area contributed by atoms with Crippen molar-refractivity contribution in [3.63, 3.8) is 0 Å². The lowest BCUT2D eigenvalue weighted by Crippen LogP contribution is -2.39. The molecule has 0 aliphatic carbocycles. The van der Waals surface area contributed by atoms with Crippen LogP contribution in [0.5, 0.6) is 5.75 Å². The summed E-state index contributed by atoms with van der Waals surface area (Å²) in [6.45, 7) is 1.68. The van der Waals surface area contributed by atoms with E-state index in [9.17, 15) is 10.1 Å². The summed E-state index contributed by atoms with van der Waals surface area (Å²) in [5, 5.41) is 12.2. The van der Waals surface area contributed by atoms with Crippen molar-refractivity contribution in [3.05, 3.63) is 102 Å². The molecule has 1 unspecified atom stereocenters. The average Bonchev–Trinajstić information content (AvgIpc) is 2.73. The molecule has 3 aromatic carbocycles. The number of nitrogens with zero attached hydrogens (tertiary/aromatic N) is 1. The Morgan fingerprint density at radius 3 is 1.96 bits per heavy atom. The first-order chi connectivity index (χ1) is 13.2. The van der Waals surface area contributed by atoms with E-state index in [4.69, 9.17) is 4.74 Å². The number of carbonyl (C=O) groups is 1. The van der Waals surface area contributed by atoms with Crippen molar-refractivity contribution in [3.8, 4) is 11.8 Å². The molecule has 3 rings (SSSR count). The lowest BCUT2D eigenvalue weighted by atomic mass is 9.98. The molecule has 0 radical (unpaired) electrons. The van der Waals surface area contributed by atoms with Gasteiger partial charge in [-0.15, -0.1) is 0 Å². The van der Waals surface area contributed by atoms with E-state index in [2.05, 4.69) is 11.4 Å². The Bertz CT molecular complexity index is 894. The summed E-state index contributed by atoms with van der Waals surface area (Å²) in [4.78, 5) is 12.8. The van der Waals surface area contributed by atoms with Crippen molar-refractivity contribution >= 4 is 5.91 Å². The molecule has 1 amide bonds. The Balaban J connectivity index is 1.79. The predicted molar refractivity (Wildman–Crippen MR) is 104 cm³/mol. The molecule has 1 N–H and O–H groups in total. The van der Waals surface area contributed by atoms with Gasteiger partial charge in [0.2, 0.25) is 0 Å². The van der Waals surface area contributed by atoms with Crippen LogP contribution >= 0.6 is 0 Å². The number of nitriles is 1. The van der Waals surface area contributed by atoms with Crippen molar-refractivity contribution in [2.75, 3.05) is 0 Å². The van der Waals surface area contributed by atoms with Gasteiger partial charge >= 0.3 is 0 Å². The lowest BCUT2D eigenvalue weighted by molar-refractivity contribution is -0.127. The zero-order chi connectivity index (χ0) is 19.1. The highest BCUT2D eigenvalue weighted by Crippen LogP contribution is 2.23. The fraction of sp³-hybridized carbons (Fsp3) is 0.130. The molecule has 0 saturated heterocycles. The molecule has 0 fully saturated rings. The maximum absolute atomic E-state index is 12.8. The second-order valence-electron chi connectivity index (χ2n) is 6.13. The van der Waals surface area contributed by atoms with Crippen LogP contribution in [-0.4, -0.2) is 12.0 Å². The smallest absolute Gasteiger partial charge is 0.261 e. The average molecular weight is 356 g/mol. The van der Waals surface area contributed by atoms with Crippen molar-refractivity contribution in [2.45, 2.75) is 19.1 Å². The number of carbonyl (C=O) groups excluding carboxylic acids is 1. The van der Waals surface area contributed by atoms with Crippen LogP contribution < -0.4 is 10.1 Å². The maximum atomic E-state index is 12.8. The molecule has 0 aliphatic heterocycles. The number of hydrogen-bond donors (Lipinski definition) is 1. The monoisotopic (exact) mass is 356 g/mol. The van der Waals surface area contributed by atoms with Gasteiger partial charge in [0.1, 0.15) is 11.8 Å². The number of rotatable bonds is 6. The number of benzene rings is 3. The fourth-order valence-corrected chi connectivity index (χ4v) is 2.82. The highest BCUT2D eigenvalue weighted by atomic mass is 16.5. The van der Waals surface area contributed by atoms with Gasteiger partial charge in [-0.1, -0.05) is 72.8 Å². The second kappa shape index (κ2) is 8.68. The van der Waals surface area contributed by atoms with E-state index >= 15 is 0 Å². The molecule has 0 spiro atoms. The number of hydrogen-bond acceptors (Lipinski definition) is 3. The van der Waals surface area contributed by atoms with Gasteiger partial charge in [0, 0.05) is 0 Å². The first kappa shape index (κ1) is 18.2. The zero-order valence-electron chi connectivity index (χ0n) is 15.0. The normalized spacial score (nSPS) is 11.4. The minimum atomic E-state index is -0.741. The molecule has 27 heavy (non-hydrogen) atoms. The number of ether oxygens (including phenoxy) is 1. The van der Waals surface area contributed by atoms with Gasteiger partial charge in [0.25, 0.3) is 5.91 Å². The van der Waals surface area contributed by atoms with Crippen molar-refractivity contribution < 1.29 is 9.53 Å². The molecule has 4 nitrogen and oxygen atoms in total. The van der Waals surface area contributed by atoms with Gasteiger partial charge in [-0.2, -0.15) is 5.26 Å². The van der Waals surface area contributed by atoms with E-state index in [1.807, 2.05) is 60.7 Å². The van der Waals surface area contributed by atoms with E-state index in [0.29, 0.717) is 11.3 Å². The van der Waals surface area contributed by atoms with Gasteiger partial charge in [-0.25, -0.2) is 0 Å². The summed E-state index contributed by atoms with van der Waals surface area (Å²) >= 11 is 0. The van der Waals surface area contributed by atoms with Crippen molar-refractivity contribution in [1.29, 1.82) is 5.26 Å². The second-order valence-corrected chi connectivity index (χ2v) is 6.13. The van der Waals surface area contributed by atoms with Gasteiger partial charge in [-0.05, 0) is 30.2 Å². The number of nitrogens with one attached hydrogen (secondary N) is 1. The zero-order valence-corrected chi connectivity index (χ0v) is 15.0. The molecule has 3 aromatic rings. The number of amides is 1. The third kappa shape index (κ3) is 4.53. The summed E-state index contributed by atoms with van der Waals surface area (Å²) in [7, 11) is 0. The van der Waals surface area contributed by atoms with Crippen LogP contribution in [0.1, 0.15) is 29.7 Å². The van der Waals surface area contributed by atoms with Crippen LogP contribution in [0, 0.1) is 11.3 Å². The van der Waals surface area contributed by atoms with Crippen LogP contribution in [0.4, 0.5) is 0 Å². The van der Waals surface area contributed by atoms with Gasteiger partial charge in [0.05, 0.1) is 11.6 Å². The lowest BCUT2D eigenvalue weighted by Gasteiger charge is -2.23. The summed E-state index contributed by atoms with van der Waals surface area (Å²) in [5.74, 6) is 0.152. The Morgan fingerprint density at radius 2 is 1.41 bits per heavy atom. The van der Waals surface area contributed by atoms with Gasteiger partial charge in [0.15, 0.2) is 6.10 Å². The molecule has 0 bridgehead atoms. The molecule has 0 heterocycles. The van der Waals surface area contributed by atoms with Crippen LogP contribution in [0.2, 0.25) is 0 Å². The minimum absolute atomic E-state index is 0.250. The van der Waals surface area contributed by atoms with Crippen LogP contribution in [0.25, 0.3) is 0 Å². The van der Waals surface area contributed by atoms with E-state index in [1.54, 1.807) is 31.2 Å². The van der Waals surface area contributed by atoms with Crippen LogP contribution in [0.15, 0.2) is 84.9 Å². The molecule has 0 saturated carbocycles. The first-order valence-corrected chi connectivity index (χ1v) is 8.75. The first-order valence-electron chi connectivity index (χ1n) is 8.75. The van der Waals surface area contributed by atoms with E-state index < -0.39 is 6.10 Å². The van der Waals surface area contributed by atoms with Crippen LogP contribution in [0.3, 0.4) is 0 Å². The van der Waals surface area contributed by atoms with E-state index in [1.165, 1.54) is 0 Å². The Kier molecular flexibility index (Phi) is 5.86. The Labute approximate surface area is 159 Å². The van der Waals surface area contributed by atoms with Gasteiger partial charge < -0.3 is 10.1 Å². The van der Waals surface area contributed by atoms with E-state index in [0.717, 1.165) is 11.1 Å². The molecule has 4 heteroatoms. The standard InChI is InChI=1S/C23H20N2O2/c1-17(27-21-15-9-8-14-20(21)16-24)23(26)25-22(18-10-4-2-5-11-18)19-12-6-3-7-13-19/h2-15,17,22H,1H3,(H,25,26). The summed E-state index contributed by atoms with van der Waals surface area (Å²) < 4.78 is 5.74. The molecule has 134 valence electrons. The predicted octanol–water partition coefficient (Wildman–Crippen LogP) is 4.23. The molecular weight excluding hydrogens is 336 g/mol. The largest absolute Gasteiger partial charge is 0.480 e. The third-order valence-electron chi connectivity index (χ3n) is 4.23. The van der Waals surface area contributed by atoms with Crippen LogP contribution in [-0.2, 0) is 4.79 Å². The topological polar surface area (TPSA) is 62.1 Å². The molecule has 0 aliphatic rings. The summed E-state index contributed by atoms with van der Waals surface area (Å²) in [6, 6.07) is 28.3. The third-order valence-corrected chi connectivity index (χ3v) is 4.23.